The largest absolute Gasteiger partial charge is 0.244 e. The third-order valence-electron chi connectivity index (χ3n) is 11.3. The number of aromatic nitrogens is 2. The second-order valence-corrected chi connectivity index (χ2v) is 15.6. The predicted molar refractivity (Wildman–Crippen MR) is 214 cm³/mol. The predicted octanol–water partition coefficient (Wildman–Crippen LogP) is 14.3. The molecule has 2 heteroatoms. The summed E-state index contributed by atoms with van der Waals surface area (Å²) >= 11 is 0. The third-order valence-corrected chi connectivity index (χ3v) is 11.3. The van der Waals surface area contributed by atoms with E-state index in [1.807, 2.05) is 0 Å². The number of rotatable bonds is 31. The summed E-state index contributed by atoms with van der Waals surface area (Å²) in [5.74, 6) is 0. The summed E-state index contributed by atoms with van der Waals surface area (Å²) in [6.45, 7) is 8.29. The topological polar surface area (TPSA) is 8.81 Å². The van der Waals surface area contributed by atoms with Crippen LogP contribution < -0.4 is 4.57 Å². The maximum Gasteiger partial charge on any atom is 0.244 e. The minimum absolute atomic E-state index is 0.00718. The Hall–Kier alpha value is -2.35. The molecule has 274 valence electrons. The monoisotopic (exact) mass is 670 g/mol. The fourth-order valence-corrected chi connectivity index (χ4v) is 8.09. The van der Waals surface area contributed by atoms with Gasteiger partial charge in [-0.2, -0.15) is 0 Å². The van der Waals surface area contributed by atoms with Crippen LogP contribution in [0.4, 0.5) is 0 Å². The summed E-state index contributed by atoms with van der Waals surface area (Å²) < 4.78 is 5.06. The molecule has 0 radical (unpaired) electrons. The summed E-state index contributed by atoms with van der Waals surface area (Å²) in [6.07, 6.45) is 43.1. The molecular formula is C47H77N2+. The molecule has 1 heterocycles. The van der Waals surface area contributed by atoms with Gasteiger partial charge in [-0.3, -0.25) is 0 Å². The average molecular weight is 670 g/mol. The SMILES string of the molecule is CCCCCCCCCCCCCCC(n1cc[n+](CCCCCCCCCCCCCC)c1)C(C)(Cc1ccccc1)c1ccccc1. The zero-order chi connectivity index (χ0) is 34.7. The third kappa shape index (κ3) is 16.9. The number of imidazole rings is 1. The van der Waals surface area contributed by atoms with Crippen molar-refractivity contribution < 1.29 is 4.57 Å². The van der Waals surface area contributed by atoms with Gasteiger partial charge < -0.3 is 0 Å². The van der Waals surface area contributed by atoms with Crippen molar-refractivity contribution in [2.75, 3.05) is 0 Å². The normalized spacial score (nSPS) is 13.4. The molecule has 3 rings (SSSR count). The molecule has 2 nitrogen and oxygen atoms in total. The van der Waals surface area contributed by atoms with Gasteiger partial charge in [0.2, 0.25) is 6.33 Å². The summed E-state index contributed by atoms with van der Waals surface area (Å²) in [6, 6.07) is 23.0. The minimum Gasteiger partial charge on any atom is -0.237 e. The van der Waals surface area contributed by atoms with Crippen molar-refractivity contribution in [3.63, 3.8) is 0 Å². The molecule has 2 atom stereocenters. The van der Waals surface area contributed by atoms with Gasteiger partial charge in [-0.15, -0.1) is 0 Å². The van der Waals surface area contributed by atoms with Gasteiger partial charge in [-0.05, 0) is 43.2 Å². The van der Waals surface area contributed by atoms with Crippen molar-refractivity contribution in [1.82, 2.24) is 4.57 Å². The Morgan fingerprint density at radius 1 is 0.531 bits per heavy atom. The van der Waals surface area contributed by atoms with E-state index in [4.69, 9.17) is 0 Å². The first-order valence-electron chi connectivity index (χ1n) is 21.3. The van der Waals surface area contributed by atoms with Crippen molar-refractivity contribution in [3.05, 3.63) is 90.5 Å². The molecule has 0 amide bonds. The van der Waals surface area contributed by atoms with E-state index in [0.29, 0.717) is 6.04 Å². The molecule has 0 aliphatic rings. The van der Waals surface area contributed by atoms with Gasteiger partial charge in [0.15, 0.2) is 0 Å². The number of hydrogen-bond acceptors (Lipinski definition) is 0. The molecule has 2 aromatic carbocycles. The molecule has 0 saturated heterocycles. The molecule has 0 spiro atoms. The van der Waals surface area contributed by atoms with Crippen LogP contribution in [0, 0.1) is 0 Å². The summed E-state index contributed by atoms with van der Waals surface area (Å²) in [7, 11) is 0. The molecule has 0 aliphatic carbocycles. The molecule has 0 aliphatic heterocycles. The Morgan fingerprint density at radius 3 is 1.45 bits per heavy atom. The Labute approximate surface area is 304 Å². The van der Waals surface area contributed by atoms with E-state index in [-0.39, 0.29) is 5.41 Å². The van der Waals surface area contributed by atoms with Crippen LogP contribution >= 0.6 is 0 Å². The number of hydrogen-bond donors (Lipinski definition) is 0. The van der Waals surface area contributed by atoms with Gasteiger partial charge in [-0.1, -0.05) is 216 Å². The average Bonchev–Trinajstić information content (AvgIpc) is 3.59. The van der Waals surface area contributed by atoms with Gasteiger partial charge in [0.1, 0.15) is 18.4 Å². The van der Waals surface area contributed by atoms with E-state index in [2.05, 4.69) is 109 Å². The first kappa shape index (κ1) is 41.1. The number of benzene rings is 2. The molecule has 1 aromatic heterocycles. The fraction of sp³-hybridized carbons (Fsp3) is 0.681. The standard InChI is InChI=1S/C47H77N2/c1-4-6-8-10-12-14-16-18-20-22-24-32-38-46(47(3,45-36-30-27-31-37-45)42-44-34-28-26-29-35-44)49-41-40-48(43-49)39-33-25-23-21-19-17-15-13-11-9-7-5-2/h26-31,34-37,40-41,43,46H,4-25,32-33,38-39,42H2,1-3H3/q+1. The van der Waals surface area contributed by atoms with Crippen LogP contribution in [0.5, 0.6) is 0 Å². The Morgan fingerprint density at radius 2 is 0.959 bits per heavy atom. The van der Waals surface area contributed by atoms with Crippen LogP contribution in [0.25, 0.3) is 0 Å². The molecule has 3 aromatic rings. The van der Waals surface area contributed by atoms with E-state index < -0.39 is 0 Å². The lowest BCUT2D eigenvalue weighted by atomic mass is 9.70. The Balaban J connectivity index is 1.54. The van der Waals surface area contributed by atoms with Crippen LogP contribution in [-0.4, -0.2) is 4.57 Å². The molecular weight excluding hydrogens is 593 g/mol. The molecule has 0 N–H and O–H groups in total. The van der Waals surface area contributed by atoms with Crippen LogP contribution in [0.2, 0.25) is 0 Å². The summed E-state index contributed by atoms with van der Waals surface area (Å²) in [4.78, 5) is 0. The summed E-state index contributed by atoms with van der Waals surface area (Å²) in [5.41, 5.74) is 2.90. The zero-order valence-corrected chi connectivity index (χ0v) is 32.6. The first-order chi connectivity index (χ1) is 24.2. The molecule has 0 fully saturated rings. The fourth-order valence-electron chi connectivity index (χ4n) is 8.09. The van der Waals surface area contributed by atoms with Crippen LogP contribution in [-0.2, 0) is 18.4 Å². The lowest BCUT2D eigenvalue weighted by molar-refractivity contribution is -0.697. The van der Waals surface area contributed by atoms with Crippen molar-refractivity contribution in [2.24, 2.45) is 0 Å². The quantitative estimate of drug-likeness (QED) is 0.0476. The van der Waals surface area contributed by atoms with E-state index in [1.165, 1.54) is 172 Å². The van der Waals surface area contributed by atoms with Gasteiger partial charge >= 0.3 is 0 Å². The Bertz CT molecular complexity index is 1150. The second-order valence-electron chi connectivity index (χ2n) is 15.6. The molecule has 0 bridgehead atoms. The minimum atomic E-state index is 0.00718. The first-order valence-corrected chi connectivity index (χ1v) is 21.3. The highest BCUT2D eigenvalue weighted by atomic mass is 15.1. The lowest BCUT2D eigenvalue weighted by Crippen LogP contribution is -2.38. The van der Waals surface area contributed by atoms with Crippen molar-refractivity contribution in [1.29, 1.82) is 0 Å². The highest BCUT2D eigenvalue weighted by molar-refractivity contribution is 5.30. The van der Waals surface area contributed by atoms with Crippen molar-refractivity contribution in [2.45, 2.75) is 206 Å². The second kappa shape index (κ2) is 26.5. The van der Waals surface area contributed by atoms with Crippen LogP contribution in [0.1, 0.15) is 198 Å². The number of unbranched alkanes of at least 4 members (excludes halogenated alkanes) is 22. The van der Waals surface area contributed by atoms with Crippen LogP contribution in [0.15, 0.2) is 79.4 Å². The smallest absolute Gasteiger partial charge is 0.237 e. The lowest BCUT2D eigenvalue weighted by Gasteiger charge is -2.37. The zero-order valence-electron chi connectivity index (χ0n) is 32.6. The van der Waals surface area contributed by atoms with Crippen LogP contribution in [0.3, 0.4) is 0 Å². The Kier molecular flexibility index (Phi) is 22.2. The molecule has 0 saturated carbocycles. The van der Waals surface area contributed by atoms with Gasteiger partial charge in [0.25, 0.3) is 0 Å². The maximum absolute atomic E-state index is 2.59. The van der Waals surface area contributed by atoms with E-state index in [9.17, 15) is 0 Å². The highest BCUT2D eigenvalue weighted by Gasteiger charge is 2.40. The van der Waals surface area contributed by atoms with Gasteiger partial charge in [-0.25, -0.2) is 9.13 Å². The van der Waals surface area contributed by atoms with Gasteiger partial charge in [0, 0.05) is 5.41 Å². The van der Waals surface area contributed by atoms with Gasteiger partial charge in [0.05, 0.1) is 6.54 Å². The van der Waals surface area contributed by atoms with E-state index >= 15 is 0 Å². The molecule has 2 unspecified atom stereocenters. The summed E-state index contributed by atoms with van der Waals surface area (Å²) in [5, 5.41) is 0. The maximum atomic E-state index is 2.59. The number of nitrogens with zero attached hydrogens (tertiary/aromatic N) is 2. The molecule has 49 heavy (non-hydrogen) atoms. The number of aryl methyl sites for hydroxylation is 1. The van der Waals surface area contributed by atoms with E-state index in [1.54, 1.807) is 0 Å². The van der Waals surface area contributed by atoms with Crippen molar-refractivity contribution in [3.8, 4) is 0 Å². The van der Waals surface area contributed by atoms with Crippen molar-refractivity contribution >= 4 is 0 Å². The van der Waals surface area contributed by atoms with E-state index in [0.717, 1.165) is 13.0 Å². The highest BCUT2D eigenvalue weighted by Crippen LogP contribution is 2.41.